The van der Waals surface area contributed by atoms with Crippen molar-refractivity contribution in [2.45, 2.75) is 6.42 Å². The Morgan fingerprint density at radius 2 is 2.07 bits per heavy atom. The van der Waals surface area contributed by atoms with Crippen LogP contribution in [0, 0.1) is 0 Å². The van der Waals surface area contributed by atoms with Gasteiger partial charge in [0, 0.05) is 5.57 Å². The van der Waals surface area contributed by atoms with Crippen molar-refractivity contribution in [1.82, 2.24) is 0 Å². The van der Waals surface area contributed by atoms with E-state index in [0.717, 1.165) is 12.0 Å². The molecular formula is C12H11NO. The quantitative estimate of drug-likeness (QED) is 0.664. The summed E-state index contributed by atoms with van der Waals surface area (Å²) in [7, 11) is 0. The van der Waals surface area contributed by atoms with Gasteiger partial charge in [0.25, 0.3) is 0 Å². The second-order valence-electron chi connectivity index (χ2n) is 3.27. The molecule has 0 aromatic carbocycles. The van der Waals surface area contributed by atoms with E-state index in [1.54, 1.807) is 12.2 Å². The van der Waals surface area contributed by atoms with Gasteiger partial charge in [-0.1, -0.05) is 30.4 Å². The van der Waals surface area contributed by atoms with Crippen LogP contribution in [0.4, 0.5) is 0 Å². The molecule has 0 aliphatic heterocycles. The van der Waals surface area contributed by atoms with Crippen LogP contribution >= 0.6 is 0 Å². The monoisotopic (exact) mass is 185 g/mol. The molecule has 0 aromatic heterocycles. The standard InChI is InChI=1S/C12H11NO/c13-12(14)11-7-5-9-3-1-2-4-10(9)6-8-11/h1-3,5-8H,4H2,(H2,13,14). The van der Waals surface area contributed by atoms with Crippen LogP contribution in [0.2, 0.25) is 0 Å². The van der Waals surface area contributed by atoms with Gasteiger partial charge in [0.15, 0.2) is 0 Å². The molecule has 0 heterocycles. The van der Waals surface area contributed by atoms with Crippen molar-refractivity contribution in [1.29, 1.82) is 0 Å². The summed E-state index contributed by atoms with van der Waals surface area (Å²) in [6.45, 7) is 0. The van der Waals surface area contributed by atoms with Crippen LogP contribution in [-0.2, 0) is 4.79 Å². The number of hydrogen-bond donors (Lipinski definition) is 1. The van der Waals surface area contributed by atoms with E-state index < -0.39 is 0 Å². The highest BCUT2D eigenvalue weighted by Crippen LogP contribution is 2.23. The number of carbonyl (C=O) groups excluding carboxylic acids is 1. The minimum absolute atomic E-state index is 0.384. The zero-order chi connectivity index (χ0) is 9.97. The molecule has 0 aromatic rings. The van der Waals surface area contributed by atoms with E-state index in [4.69, 9.17) is 5.73 Å². The minimum Gasteiger partial charge on any atom is -0.366 e. The lowest BCUT2D eigenvalue weighted by Gasteiger charge is -2.07. The van der Waals surface area contributed by atoms with E-state index in [9.17, 15) is 4.79 Å². The summed E-state index contributed by atoms with van der Waals surface area (Å²) >= 11 is 0. The van der Waals surface area contributed by atoms with Crippen LogP contribution in [0.25, 0.3) is 0 Å². The van der Waals surface area contributed by atoms with E-state index >= 15 is 0 Å². The molecule has 0 atom stereocenters. The lowest BCUT2D eigenvalue weighted by atomic mass is 9.98. The molecule has 2 heteroatoms. The molecule has 0 spiro atoms. The largest absolute Gasteiger partial charge is 0.366 e. The molecule has 2 aliphatic rings. The molecule has 0 saturated heterocycles. The lowest BCUT2D eigenvalue weighted by molar-refractivity contribution is -0.114. The highest BCUT2D eigenvalue weighted by molar-refractivity contribution is 5.95. The Morgan fingerprint density at radius 3 is 2.86 bits per heavy atom. The molecular weight excluding hydrogens is 174 g/mol. The molecule has 0 radical (unpaired) electrons. The van der Waals surface area contributed by atoms with Crippen LogP contribution in [0.15, 0.2) is 59.3 Å². The number of rotatable bonds is 1. The van der Waals surface area contributed by atoms with E-state index in [1.807, 2.05) is 24.3 Å². The first-order valence-electron chi connectivity index (χ1n) is 4.53. The molecule has 2 nitrogen and oxygen atoms in total. The molecule has 2 aliphatic carbocycles. The lowest BCUT2D eigenvalue weighted by Crippen LogP contribution is -2.11. The fourth-order valence-electron chi connectivity index (χ4n) is 1.51. The third-order valence-electron chi connectivity index (χ3n) is 2.31. The van der Waals surface area contributed by atoms with Gasteiger partial charge in [0.1, 0.15) is 0 Å². The van der Waals surface area contributed by atoms with Crippen LogP contribution in [-0.4, -0.2) is 5.91 Å². The third-order valence-corrected chi connectivity index (χ3v) is 2.31. The normalized spacial score (nSPS) is 19.0. The maximum Gasteiger partial charge on any atom is 0.248 e. The smallest absolute Gasteiger partial charge is 0.248 e. The second kappa shape index (κ2) is 3.50. The van der Waals surface area contributed by atoms with Crippen LogP contribution in [0.5, 0.6) is 0 Å². The first-order valence-corrected chi connectivity index (χ1v) is 4.53. The average Bonchev–Trinajstić information content (AvgIpc) is 2.39. The number of amides is 1. The first-order chi connectivity index (χ1) is 6.77. The van der Waals surface area contributed by atoms with Gasteiger partial charge in [0.2, 0.25) is 5.91 Å². The van der Waals surface area contributed by atoms with Crippen molar-refractivity contribution >= 4 is 5.91 Å². The van der Waals surface area contributed by atoms with Gasteiger partial charge in [-0.15, -0.1) is 0 Å². The molecule has 1 amide bonds. The van der Waals surface area contributed by atoms with Crippen molar-refractivity contribution in [3.8, 4) is 0 Å². The first kappa shape index (κ1) is 8.75. The van der Waals surface area contributed by atoms with Crippen LogP contribution in [0.3, 0.4) is 0 Å². The van der Waals surface area contributed by atoms with E-state index in [0.29, 0.717) is 5.57 Å². The summed E-state index contributed by atoms with van der Waals surface area (Å²) in [6, 6.07) is 0. The van der Waals surface area contributed by atoms with Gasteiger partial charge in [-0.05, 0) is 29.7 Å². The Balaban J connectivity index is 2.39. The second-order valence-corrected chi connectivity index (χ2v) is 3.27. The molecule has 0 saturated carbocycles. The Kier molecular flexibility index (Phi) is 2.19. The highest BCUT2D eigenvalue weighted by Gasteiger charge is 2.08. The number of allylic oxidation sites excluding steroid dienone is 8. The van der Waals surface area contributed by atoms with Crippen molar-refractivity contribution < 1.29 is 4.79 Å². The van der Waals surface area contributed by atoms with Gasteiger partial charge in [-0.2, -0.15) is 0 Å². The summed E-state index contributed by atoms with van der Waals surface area (Å²) in [4.78, 5) is 11.0. The minimum atomic E-state index is -0.384. The van der Waals surface area contributed by atoms with Gasteiger partial charge in [0.05, 0.1) is 0 Å². The predicted octanol–water partition coefficient (Wildman–Crippen LogP) is 1.78. The van der Waals surface area contributed by atoms with Crippen molar-refractivity contribution in [3.63, 3.8) is 0 Å². The molecule has 14 heavy (non-hydrogen) atoms. The predicted molar refractivity (Wildman–Crippen MR) is 56.3 cm³/mol. The summed E-state index contributed by atoms with van der Waals surface area (Å²) < 4.78 is 0. The van der Waals surface area contributed by atoms with Gasteiger partial charge < -0.3 is 5.73 Å². The molecule has 0 unspecified atom stereocenters. The fourth-order valence-corrected chi connectivity index (χ4v) is 1.51. The number of carbonyl (C=O) groups is 1. The maximum absolute atomic E-state index is 11.0. The molecule has 0 fully saturated rings. The Hall–Kier alpha value is -1.83. The number of hydrogen-bond acceptors (Lipinski definition) is 1. The number of primary amides is 1. The average molecular weight is 185 g/mol. The Labute approximate surface area is 82.8 Å². The fraction of sp³-hybridized carbons (Fsp3) is 0.0833. The maximum atomic E-state index is 11.0. The highest BCUT2D eigenvalue weighted by atomic mass is 16.1. The number of nitrogens with two attached hydrogens (primary N) is 1. The van der Waals surface area contributed by atoms with E-state index in [1.165, 1.54) is 5.57 Å². The van der Waals surface area contributed by atoms with Crippen LogP contribution in [0.1, 0.15) is 6.42 Å². The Bertz CT molecular complexity index is 420. The summed E-state index contributed by atoms with van der Waals surface area (Å²) in [6.07, 6.45) is 14.5. The molecule has 70 valence electrons. The summed E-state index contributed by atoms with van der Waals surface area (Å²) in [5.74, 6) is -0.384. The third kappa shape index (κ3) is 1.59. The van der Waals surface area contributed by atoms with Gasteiger partial charge in [-0.25, -0.2) is 0 Å². The summed E-state index contributed by atoms with van der Waals surface area (Å²) in [5.41, 5.74) is 8.13. The zero-order valence-corrected chi connectivity index (χ0v) is 7.73. The van der Waals surface area contributed by atoms with Crippen molar-refractivity contribution in [2.75, 3.05) is 0 Å². The topological polar surface area (TPSA) is 43.1 Å². The molecule has 2 N–H and O–H groups in total. The van der Waals surface area contributed by atoms with Crippen molar-refractivity contribution in [2.24, 2.45) is 5.73 Å². The summed E-state index contributed by atoms with van der Waals surface area (Å²) in [5, 5.41) is 0. The van der Waals surface area contributed by atoms with E-state index in [2.05, 4.69) is 6.08 Å². The molecule has 2 rings (SSSR count). The Morgan fingerprint density at radius 1 is 1.21 bits per heavy atom. The number of fused-ring (bicyclic) bond motifs is 1. The van der Waals surface area contributed by atoms with Gasteiger partial charge in [-0.3, -0.25) is 4.79 Å². The van der Waals surface area contributed by atoms with Gasteiger partial charge >= 0.3 is 0 Å². The molecule has 0 bridgehead atoms. The SMILES string of the molecule is NC(=O)C1=CC=C2CC=CC=C2C=C1. The van der Waals surface area contributed by atoms with Crippen molar-refractivity contribution in [3.05, 3.63) is 59.3 Å². The zero-order valence-electron chi connectivity index (χ0n) is 7.73. The van der Waals surface area contributed by atoms with Crippen LogP contribution < -0.4 is 5.73 Å². The van der Waals surface area contributed by atoms with E-state index in [-0.39, 0.29) is 5.91 Å².